The highest BCUT2D eigenvalue weighted by Gasteiger charge is 2.10. The lowest BCUT2D eigenvalue weighted by atomic mass is 10.1. The lowest BCUT2D eigenvalue weighted by molar-refractivity contribution is 0.104. The summed E-state index contributed by atoms with van der Waals surface area (Å²) < 4.78 is 9.95. The van der Waals surface area contributed by atoms with Gasteiger partial charge in [0, 0.05) is 5.56 Å². The summed E-state index contributed by atoms with van der Waals surface area (Å²) in [5.41, 5.74) is 1.86. The van der Waals surface area contributed by atoms with Crippen molar-refractivity contribution in [1.29, 1.82) is 0 Å². The number of carbonyl (C=O) groups is 1. The van der Waals surface area contributed by atoms with Gasteiger partial charge in [-0.25, -0.2) is 4.79 Å². The normalized spacial score (nSPS) is 9.83. The lowest BCUT2D eigenvalue weighted by Gasteiger charge is -2.09. The summed E-state index contributed by atoms with van der Waals surface area (Å²) in [7, 11) is 0. The fraction of sp³-hybridized carbons (Fsp3) is 0.133. The Bertz CT molecular complexity index is 520. The van der Waals surface area contributed by atoms with Crippen molar-refractivity contribution in [3.8, 4) is 16.9 Å². The van der Waals surface area contributed by atoms with Crippen molar-refractivity contribution in [3.05, 3.63) is 54.6 Å². The highest BCUT2D eigenvalue weighted by Crippen LogP contribution is 2.29. The fourth-order valence-corrected chi connectivity index (χ4v) is 1.65. The topological polar surface area (TPSA) is 35.5 Å². The summed E-state index contributed by atoms with van der Waals surface area (Å²) in [5.74, 6) is 0.502. The zero-order valence-corrected chi connectivity index (χ0v) is 10.1. The maximum atomic E-state index is 11.4. The van der Waals surface area contributed by atoms with E-state index in [0.717, 1.165) is 11.1 Å². The molecule has 0 fully saturated rings. The smallest absolute Gasteiger partial charge is 0.434 e. The molecule has 0 unspecified atom stereocenters. The van der Waals surface area contributed by atoms with Crippen LogP contribution >= 0.6 is 0 Å². The van der Waals surface area contributed by atoms with E-state index in [0.29, 0.717) is 12.4 Å². The summed E-state index contributed by atoms with van der Waals surface area (Å²) in [6, 6.07) is 17.1. The van der Waals surface area contributed by atoms with Crippen molar-refractivity contribution < 1.29 is 14.3 Å². The van der Waals surface area contributed by atoms with Gasteiger partial charge in [0.2, 0.25) is 0 Å². The number of para-hydroxylation sites is 1. The molecule has 0 saturated carbocycles. The molecule has 18 heavy (non-hydrogen) atoms. The molecule has 0 N–H and O–H groups in total. The van der Waals surface area contributed by atoms with Crippen molar-refractivity contribution in [1.82, 2.24) is 0 Å². The largest absolute Gasteiger partial charge is 0.513 e. The summed E-state index contributed by atoms with van der Waals surface area (Å²) in [6.45, 7) is 2.04. The molecule has 3 nitrogen and oxygen atoms in total. The molecule has 3 heteroatoms. The monoisotopic (exact) mass is 242 g/mol. The van der Waals surface area contributed by atoms with Crippen LogP contribution in [0.4, 0.5) is 4.79 Å². The molecule has 0 amide bonds. The van der Waals surface area contributed by atoms with E-state index in [1.54, 1.807) is 13.0 Å². The van der Waals surface area contributed by atoms with Crippen LogP contribution in [-0.2, 0) is 4.74 Å². The molecule has 0 aliphatic heterocycles. The molecular formula is C15H14O3. The first-order valence-electron chi connectivity index (χ1n) is 5.80. The molecular weight excluding hydrogens is 228 g/mol. The SMILES string of the molecule is CCOC(=O)Oc1ccccc1-c1ccccc1. The Morgan fingerprint density at radius 2 is 1.67 bits per heavy atom. The molecule has 0 saturated heterocycles. The maximum Gasteiger partial charge on any atom is 0.513 e. The molecule has 2 aromatic rings. The van der Waals surface area contributed by atoms with Gasteiger partial charge in [0.05, 0.1) is 6.61 Å². The lowest BCUT2D eigenvalue weighted by Crippen LogP contribution is -2.10. The minimum Gasteiger partial charge on any atom is -0.434 e. The summed E-state index contributed by atoms with van der Waals surface area (Å²) in [6.07, 6.45) is -0.680. The fourth-order valence-electron chi connectivity index (χ4n) is 1.65. The van der Waals surface area contributed by atoms with E-state index in [-0.39, 0.29) is 0 Å². The van der Waals surface area contributed by atoms with Crippen LogP contribution in [0.25, 0.3) is 11.1 Å². The number of ether oxygens (including phenoxy) is 2. The Labute approximate surface area is 106 Å². The molecule has 0 aliphatic carbocycles. The average Bonchev–Trinajstić information content (AvgIpc) is 2.40. The van der Waals surface area contributed by atoms with Crippen molar-refractivity contribution >= 4 is 6.16 Å². The number of carbonyl (C=O) groups excluding carboxylic acids is 1. The van der Waals surface area contributed by atoms with E-state index >= 15 is 0 Å². The third-order valence-corrected chi connectivity index (χ3v) is 2.43. The second kappa shape index (κ2) is 5.87. The van der Waals surface area contributed by atoms with Gasteiger partial charge in [-0.2, -0.15) is 0 Å². The number of benzene rings is 2. The van der Waals surface area contributed by atoms with Crippen molar-refractivity contribution in [2.45, 2.75) is 6.92 Å². The van der Waals surface area contributed by atoms with Gasteiger partial charge in [-0.15, -0.1) is 0 Å². The summed E-state index contributed by atoms with van der Waals surface area (Å²) in [4.78, 5) is 11.4. The first-order valence-corrected chi connectivity index (χ1v) is 5.80. The van der Waals surface area contributed by atoms with Gasteiger partial charge in [0.1, 0.15) is 5.75 Å². The Kier molecular flexibility index (Phi) is 3.97. The predicted octanol–water partition coefficient (Wildman–Crippen LogP) is 3.89. The molecule has 0 atom stereocenters. The predicted molar refractivity (Wildman–Crippen MR) is 69.5 cm³/mol. The minimum absolute atomic E-state index is 0.298. The number of hydrogen-bond acceptors (Lipinski definition) is 3. The molecule has 2 rings (SSSR count). The minimum atomic E-state index is -0.680. The van der Waals surface area contributed by atoms with Crippen molar-refractivity contribution in [3.63, 3.8) is 0 Å². The van der Waals surface area contributed by atoms with E-state index in [1.807, 2.05) is 48.5 Å². The van der Waals surface area contributed by atoms with Crippen LogP contribution < -0.4 is 4.74 Å². The van der Waals surface area contributed by atoms with Gasteiger partial charge < -0.3 is 9.47 Å². The number of hydrogen-bond donors (Lipinski definition) is 0. The zero-order valence-electron chi connectivity index (χ0n) is 10.1. The molecule has 0 spiro atoms. The van der Waals surface area contributed by atoms with Crippen LogP contribution in [0.2, 0.25) is 0 Å². The quantitative estimate of drug-likeness (QED) is 0.605. The molecule has 0 bridgehead atoms. The third kappa shape index (κ3) is 2.88. The zero-order chi connectivity index (χ0) is 12.8. The van der Waals surface area contributed by atoms with Crippen molar-refractivity contribution in [2.75, 3.05) is 6.61 Å². The number of rotatable bonds is 3. The molecule has 0 aromatic heterocycles. The van der Waals surface area contributed by atoms with Gasteiger partial charge in [0.15, 0.2) is 0 Å². The molecule has 92 valence electrons. The third-order valence-electron chi connectivity index (χ3n) is 2.43. The first kappa shape index (κ1) is 12.2. The van der Waals surface area contributed by atoms with Gasteiger partial charge in [-0.1, -0.05) is 48.5 Å². The maximum absolute atomic E-state index is 11.4. The highest BCUT2D eigenvalue weighted by molar-refractivity contribution is 5.74. The van der Waals surface area contributed by atoms with E-state index in [4.69, 9.17) is 9.47 Å². The van der Waals surface area contributed by atoms with Crippen LogP contribution in [-0.4, -0.2) is 12.8 Å². The Hall–Kier alpha value is -2.29. The van der Waals surface area contributed by atoms with E-state index in [2.05, 4.69) is 0 Å². The van der Waals surface area contributed by atoms with Crippen LogP contribution in [0.5, 0.6) is 5.75 Å². The van der Waals surface area contributed by atoms with E-state index < -0.39 is 6.16 Å². The van der Waals surface area contributed by atoms with Crippen LogP contribution in [0, 0.1) is 0 Å². The van der Waals surface area contributed by atoms with E-state index in [1.165, 1.54) is 0 Å². The van der Waals surface area contributed by atoms with E-state index in [9.17, 15) is 4.79 Å². The van der Waals surface area contributed by atoms with Gasteiger partial charge in [0.25, 0.3) is 0 Å². The molecule has 0 aliphatic rings. The molecule has 0 heterocycles. The molecule has 2 aromatic carbocycles. The van der Waals surface area contributed by atoms with Crippen LogP contribution in [0.3, 0.4) is 0 Å². The average molecular weight is 242 g/mol. The highest BCUT2D eigenvalue weighted by atomic mass is 16.7. The first-order chi connectivity index (χ1) is 8.81. The van der Waals surface area contributed by atoms with Gasteiger partial charge >= 0.3 is 6.16 Å². The second-order valence-corrected chi connectivity index (χ2v) is 3.65. The summed E-state index contributed by atoms with van der Waals surface area (Å²) >= 11 is 0. The Morgan fingerprint density at radius 1 is 1.00 bits per heavy atom. The standard InChI is InChI=1S/C15H14O3/c1-2-17-15(16)18-14-11-7-6-10-13(14)12-8-4-3-5-9-12/h3-11H,2H2,1H3. The summed E-state index contributed by atoms with van der Waals surface area (Å²) in [5, 5.41) is 0. The van der Waals surface area contributed by atoms with Crippen molar-refractivity contribution in [2.24, 2.45) is 0 Å². The Morgan fingerprint density at radius 3 is 2.39 bits per heavy atom. The Balaban J connectivity index is 2.29. The van der Waals surface area contributed by atoms with Crippen LogP contribution in [0.1, 0.15) is 6.92 Å². The van der Waals surface area contributed by atoms with Gasteiger partial charge in [-0.05, 0) is 18.6 Å². The van der Waals surface area contributed by atoms with Gasteiger partial charge in [-0.3, -0.25) is 0 Å². The van der Waals surface area contributed by atoms with Crippen LogP contribution in [0.15, 0.2) is 54.6 Å². The second-order valence-electron chi connectivity index (χ2n) is 3.65. The molecule has 0 radical (unpaired) electrons.